The van der Waals surface area contributed by atoms with E-state index in [1.54, 1.807) is 17.0 Å². The highest BCUT2D eigenvalue weighted by molar-refractivity contribution is 8.00. The maximum absolute atomic E-state index is 12.8. The summed E-state index contributed by atoms with van der Waals surface area (Å²) in [5.74, 6) is -1.01. The molecule has 0 bridgehead atoms. The van der Waals surface area contributed by atoms with Gasteiger partial charge in [0.2, 0.25) is 5.91 Å². The van der Waals surface area contributed by atoms with Gasteiger partial charge in [-0.25, -0.2) is 4.39 Å². The maximum Gasteiger partial charge on any atom is 0.313 e. The molecule has 5 nitrogen and oxygen atoms in total. The molecule has 1 fully saturated rings. The molecule has 2 N–H and O–H groups in total. The Labute approximate surface area is 132 Å². The van der Waals surface area contributed by atoms with Gasteiger partial charge >= 0.3 is 5.97 Å². The van der Waals surface area contributed by atoms with E-state index in [-0.39, 0.29) is 29.3 Å². The van der Waals surface area contributed by atoms with Gasteiger partial charge in [-0.3, -0.25) is 9.59 Å². The van der Waals surface area contributed by atoms with Crippen LogP contribution in [0.4, 0.5) is 10.1 Å². The van der Waals surface area contributed by atoms with Gasteiger partial charge in [-0.15, -0.1) is 11.8 Å². The predicted molar refractivity (Wildman–Crippen MR) is 84.6 cm³/mol. The summed E-state index contributed by atoms with van der Waals surface area (Å²) < 4.78 is 12.8. The van der Waals surface area contributed by atoms with E-state index in [0.29, 0.717) is 13.1 Å². The summed E-state index contributed by atoms with van der Waals surface area (Å²) in [6.45, 7) is 1.32. The first kappa shape index (κ1) is 16.6. The molecule has 0 radical (unpaired) electrons. The standard InChI is InChI=1S/C15H19FN2O3S/c16-11-1-3-12(4-2-11)17-13-5-7-18(8-6-13)14(19)9-22-10-15(20)21/h1-4,13,17H,5-10H2,(H,20,21). The second-order valence-electron chi connectivity index (χ2n) is 5.19. The van der Waals surface area contributed by atoms with Crippen LogP contribution in [0.1, 0.15) is 12.8 Å². The number of halogens is 1. The summed E-state index contributed by atoms with van der Waals surface area (Å²) in [5.41, 5.74) is 0.878. The van der Waals surface area contributed by atoms with Gasteiger partial charge in [0.1, 0.15) is 5.82 Å². The molecule has 1 aromatic carbocycles. The molecule has 22 heavy (non-hydrogen) atoms. The molecule has 2 rings (SSSR count). The first-order valence-corrected chi connectivity index (χ1v) is 8.29. The van der Waals surface area contributed by atoms with Gasteiger partial charge in [0.25, 0.3) is 0 Å². The summed E-state index contributed by atoms with van der Waals surface area (Å²) in [5, 5.41) is 11.9. The third kappa shape index (κ3) is 5.22. The number of likely N-dealkylation sites (tertiary alicyclic amines) is 1. The van der Waals surface area contributed by atoms with E-state index >= 15 is 0 Å². The van der Waals surface area contributed by atoms with Crippen LogP contribution in [0.25, 0.3) is 0 Å². The topological polar surface area (TPSA) is 69.6 Å². The van der Waals surface area contributed by atoms with Gasteiger partial charge in [-0.05, 0) is 37.1 Å². The summed E-state index contributed by atoms with van der Waals surface area (Å²) >= 11 is 1.13. The second-order valence-corrected chi connectivity index (χ2v) is 6.18. The van der Waals surface area contributed by atoms with Gasteiger partial charge in [0, 0.05) is 24.8 Å². The molecule has 0 saturated carbocycles. The number of nitrogens with one attached hydrogen (secondary N) is 1. The minimum absolute atomic E-state index is 0.00789. The average Bonchev–Trinajstić information content (AvgIpc) is 2.50. The number of hydrogen-bond acceptors (Lipinski definition) is 4. The first-order chi connectivity index (χ1) is 10.5. The summed E-state index contributed by atoms with van der Waals surface area (Å²) in [6, 6.07) is 6.51. The third-order valence-corrected chi connectivity index (χ3v) is 4.42. The third-order valence-electron chi connectivity index (χ3n) is 3.51. The largest absolute Gasteiger partial charge is 0.481 e. The van der Waals surface area contributed by atoms with Crippen molar-refractivity contribution in [1.29, 1.82) is 0 Å². The second kappa shape index (κ2) is 8.03. The molecule has 0 aliphatic carbocycles. The van der Waals surface area contributed by atoms with Crippen molar-refractivity contribution >= 4 is 29.3 Å². The lowest BCUT2D eigenvalue weighted by Crippen LogP contribution is -2.43. The molecule has 1 saturated heterocycles. The average molecular weight is 326 g/mol. The molecule has 7 heteroatoms. The minimum Gasteiger partial charge on any atom is -0.481 e. The zero-order chi connectivity index (χ0) is 15.9. The number of amides is 1. The van der Waals surface area contributed by atoms with E-state index in [9.17, 15) is 14.0 Å². The van der Waals surface area contributed by atoms with Crippen molar-refractivity contribution in [3.63, 3.8) is 0 Å². The highest BCUT2D eigenvalue weighted by Gasteiger charge is 2.22. The maximum atomic E-state index is 12.8. The van der Waals surface area contributed by atoms with E-state index < -0.39 is 5.97 Å². The summed E-state index contributed by atoms with van der Waals surface area (Å²) in [6.07, 6.45) is 1.65. The predicted octanol–water partition coefficient (Wildman–Crippen LogP) is 2.05. The Morgan fingerprint density at radius 1 is 1.23 bits per heavy atom. The number of anilines is 1. The van der Waals surface area contributed by atoms with E-state index in [1.807, 2.05) is 0 Å². The Morgan fingerprint density at radius 2 is 1.86 bits per heavy atom. The summed E-state index contributed by atoms with van der Waals surface area (Å²) in [7, 11) is 0. The molecule has 1 aromatic rings. The van der Waals surface area contributed by atoms with Crippen molar-refractivity contribution < 1.29 is 19.1 Å². The molecule has 0 spiro atoms. The van der Waals surface area contributed by atoms with Crippen LogP contribution in [0.3, 0.4) is 0 Å². The Kier molecular flexibility index (Phi) is 6.06. The number of benzene rings is 1. The number of thioether (sulfide) groups is 1. The van der Waals surface area contributed by atoms with E-state index in [0.717, 1.165) is 30.3 Å². The Balaban J connectivity index is 1.72. The van der Waals surface area contributed by atoms with Gasteiger partial charge in [-0.1, -0.05) is 0 Å². The summed E-state index contributed by atoms with van der Waals surface area (Å²) in [4.78, 5) is 24.1. The number of carbonyl (C=O) groups is 2. The van der Waals surface area contributed by atoms with Crippen LogP contribution in [0.5, 0.6) is 0 Å². The number of carbonyl (C=O) groups excluding carboxylic acids is 1. The molecule has 1 amide bonds. The highest BCUT2D eigenvalue weighted by atomic mass is 32.2. The number of hydrogen-bond donors (Lipinski definition) is 2. The molecule has 0 atom stereocenters. The lowest BCUT2D eigenvalue weighted by atomic mass is 10.0. The fourth-order valence-electron chi connectivity index (χ4n) is 2.37. The van der Waals surface area contributed by atoms with Crippen molar-refractivity contribution in [2.24, 2.45) is 0 Å². The lowest BCUT2D eigenvalue weighted by molar-refractivity contribution is -0.133. The number of aliphatic carboxylic acids is 1. The number of carboxylic acids is 1. The fraction of sp³-hybridized carbons (Fsp3) is 0.467. The Hall–Kier alpha value is -1.76. The fourth-order valence-corrected chi connectivity index (χ4v) is 3.01. The van der Waals surface area contributed by atoms with Crippen molar-refractivity contribution in [3.05, 3.63) is 30.1 Å². The van der Waals surface area contributed by atoms with E-state index in [1.165, 1.54) is 12.1 Å². The monoisotopic (exact) mass is 326 g/mol. The van der Waals surface area contributed by atoms with E-state index in [4.69, 9.17) is 5.11 Å². The van der Waals surface area contributed by atoms with E-state index in [2.05, 4.69) is 5.32 Å². The zero-order valence-electron chi connectivity index (χ0n) is 12.1. The normalized spacial score (nSPS) is 15.6. The Morgan fingerprint density at radius 3 is 2.45 bits per heavy atom. The molecule has 0 unspecified atom stereocenters. The molecule has 1 aliphatic rings. The van der Waals surface area contributed by atoms with Crippen LogP contribution in [-0.2, 0) is 9.59 Å². The number of rotatable bonds is 6. The van der Waals surface area contributed by atoms with Crippen LogP contribution in [0.15, 0.2) is 24.3 Å². The van der Waals surface area contributed by atoms with Crippen molar-refractivity contribution in [2.75, 3.05) is 29.9 Å². The lowest BCUT2D eigenvalue weighted by Gasteiger charge is -2.33. The van der Waals surface area contributed by atoms with Gasteiger partial charge in [0.15, 0.2) is 0 Å². The van der Waals surface area contributed by atoms with Crippen molar-refractivity contribution in [3.8, 4) is 0 Å². The molecule has 1 aliphatic heterocycles. The Bertz CT molecular complexity index is 516. The van der Waals surface area contributed by atoms with Gasteiger partial charge in [-0.2, -0.15) is 0 Å². The molecular weight excluding hydrogens is 307 g/mol. The number of nitrogens with zero attached hydrogens (tertiary/aromatic N) is 1. The molecule has 120 valence electrons. The zero-order valence-corrected chi connectivity index (χ0v) is 12.9. The number of piperidine rings is 1. The number of carboxylic acid groups (broad SMARTS) is 1. The van der Waals surface area contributed by atoms with Crippen molar-refractivity contribution in [1.82, 2.24) is 4.90 Å². The van der Waals surface area contributed by atoms with Crippen LogP contribution in [0, 0.1) is 5.82 Å². The SMILES string of the molecule is O=C(O)CSCC(=O)N1CCC(Nc2ccc(F)cc2)CC1. The van der Waals surface area contributed by atoms with Crippen LogP contribution < -0.4 is 5.32 Å². The van der Waals surface area contributed by atoms with Gasteiger partial charge < -0.3 is 15.3 Å². The smallest absolute Gasteiger partial charge is 0.313 e. The minimum atomic E-state index is -0.903. The molecular formula is C15H19FN2O3S. The molecule has 0 aromatic heterocycles. The highest BCUT2D eigenvalue weighted by Crippen LogP contribution is 2.17. The van der Waals surface area contributed by atoms with Crippen molar-refractivity contribution in [2.45, 2.75) is 18.9 Å². The van der Waals surface area contributed by atoms with Crippen LogP contribution >= 0.6 is 11.8 Å². The van der Waals surface area contributed by atoms with Crippen LogP contribution in [-0.4, -0.2) is 52.5 Å². The van der Waals surface area contributed by atoms with Crippen LogP contribution in [0.2, 0.25) is 0 Å². The quantitative estimate of drug-likeness (QED) is 0.837. The first-order valence-electron chi connectivity index (χ1n) is 7.14. The van der Waals surface area contributed by atoms with Gasteiger partial charge in [0.05, 0.1) is 11.5 Å². The molecule has 1 heterocycles.